The second-order valence-corrected chi connectivity index (χ2v) is 5.66. The summed E-state index contributed by atoms with van der Waals surface area (Å²) in [6, 6.07) is -0.428. The molecule has 1 heterocycles. The van der Waals surface area contributed by atoms with E-state index >= 15 is 0 Å². The Morgan fingerprint density at radius 2 is 2.22 bits per heavy atom. The zero-order valence-corrected chi connectivity index (χ0v) is 11.2. The van der Waals surface area contributed by atoms with Gasteiger partial charge in [-0.05, 0) is 6.92 Å². The molecule has 1 aromatic heterocycles. The van der Waals surface area contributed by atoms with Gasteiger partial charge in [0.25, 0.3) is 5.16 Å². The lowest BCUT2D eigenvalue weighted by Crippen LogP contribution is -2.35. The average Bonchev–Trinajstić information content (AvgIpc) is 2.85. The fourth-order valence-electron chi connectivity index (χ4n) is 1.25. The molecule has 1 aromatic rings. The molecule has 8 heteroatoms. The summed E-state index contributed by atoms with van der Waals surface area (Å²) in [4.78, 5) is 17.0. The highest BCUT2D eigenvalue weighted by atomic mass is 32.2. The lowest BCUT2D eigenvalue weighted by molar-refractivity contribution is 0.204. The Labute approximate surface area is 106 Å². The van der Waals surface area contributed by atoms with Gasteiger partial charge in [-0.25, -0.2) is 18.2 Å². The van der Waals surface area contributed by atoms with Crippen LogP contribution in [0.3, 0.4) is 0 Å². The Hall–Kier alpha value is -1.70. The molecule has 0 N–H and O–H groups in total. The molecule has 0 aliphatic heterocycles. The third-order valence-corrected chi connectivity index (χ3v) is 3.83. The number of carbonyl (C=O) groups is 1. The van der Waals surface area contributed by atoms with Crippen molar-refractivity contribution in [3.63, 3.8) is 0 Å². The fourth-order valence-corrected chi connectivity index (χ4v) is 1.93. The summed E-state index contributed by atoms with van der Waals surface area (Å²) < 4.78 is 24.0. The van der Waals surface area contributed by atoms with Crippen LogP contribution in [-0.4, -0.2) is 53.0 Å². The molecule has 7 nitrogen and oxygen atoms in total. The summed E-state index contributed by atoms with van der Waals surface area (Å²) in [6.07, 6.45) is 2.69. The summed E-state index contributed by atoms with van der Waals surface area (Å²) in [5.74, 6) is -0.102. The van der Waals surface area contributed by atoms with Gasteiger partial charge < -0.3 is 4.90 Å². The first-order chi connectivity index (χ1) is 8.46. The molecule has 100 valence electrons. The Kier molecular flexibility index (Phi) is 4.60. The SMILES string of the molecule is C=CCN(CC)C(=O)n1cnc(S(=O)(=O)CC)n1. The Bertz CT molecular complexity index is 535. The van der Waals surface area contributed by atoms with Crippen LogP contribution in [0.25, 0.3) is 0 Å². The predicted molar refractivity (Wildman–Crippen MR) is 66.0 cm³/mol. The van der Waals surface area contributed by atoms with Crippen LogP contribution in [0, 0.1) is 0 Å². The van der Waals surface area contributed by atoms with E-state index in [2.05, 4.69) is 16.7 Å². The van der Waals surface area contributed by atoms with E-state index in [4.69, 9.17) is 0 Å². The fraction of sp³-hybridized carbons (Fsp3) is 0.500. The Balaban J connectivity index is 2.99. The second kappa shape index (κ2) is 5.76. The van der Waals surface area contributed by atoms with Gasteiger partial charge in [-0.15, -0.1) is 11.7 Å². The number of nitrogens with zero attached hydrogens (tertiary/aromatic N) is 4. The molecule has 18 heavy (non-hydrogen) atoms. The summed E-state index contributed by atoms with van der Waals surface area (Å²) >= 11 is 0. The van der Waals surface area contributed by atoms with E-state index in [0.717, 1.165) is 11.0 Å². The van der Waals surface area contributed by atoms with E-state index in [0.29, 0.717) is 13.1 Å². The zero-order chi connectivity index (χ0) is 13.8. The van der Waals surface area contributed by atoms with Crippen LogP contribution in [0.15, 0.2) is 24.1 Å². The largest absolute Gasteiger partial charge is 0.346 e. The standard InChI is InChI=1S/C10H16N4O3S/c1-4-7-13(5-2)10(15)14-8-11-9(12-14)18(16,17)6-3/h4,8H,1,5-7H2,2-3H3. The van der Waals surface area contributed by atoms with Gasteiger partial charge in [0.05, 0.1) is 5.75 Å². The van der Waals surface area contributed by atoms with Gasteiger partial charge in [-0.2, -0.15) is 4.68 Å². The second-order valence-electron chi connectivity index (χ2n) is 3.49. The number of rotatable bonds is 5. The first kappa shape index (κ1) is 14.4. The van der Waals surface area contributed by atoms with Crippen molar-refractivity contribution in [2.24, 2.45) is 0 Å². The van der Waals surface area contributed by atoms with E-state index in [1.165, 1.54) is 11.8 Å². The molecule has 0 aliphatic rings. The van der Waals surface area contributed by atoms with E-state index in [1.54, 1.807) is 6.08 Å². The van der Waals surface area contributed by atoms with Crippen molar-refractivity contribution >= 4 is 15.9 Å². The van der Waals surface area contributed by atoms with Gasteiger partial charge >= 0.3 is 6.03 Å². The van der Waals surface area contributed by atoms with Gasteiger partial charge in [0.1, 0.15) is 6.33 Å². The molecule has 1 amide bonds. The van der Waals surface area contributed by atoms with Crippen molar-refractivity contribution in [1.29, 1.82) is 0 Å². The number of carbonyl (C=O) groups excluding carboxylic acids is 1. The number of hydrogen-bond acceptors (Lipinski definition) is 5. The first-order valence-corrected chi connectivity index (χ1v) is 7.16. The predicted octanol–water partition coefficient (Wildman–Crippen LogP) is 0.548. The maximum Gasteiger partial charge on any atom is 0.346 e. The Morgan fingerprint density at radius 3 is 2.72 bits per heavy atom. The smallest absolute Gasteiger partial charge is 0.319 e. The van der Waals surface area contributed by atoms with Crippen LogP contribution >= 0.6 is 0 Å². The molecule has 0 unspecified atom stereocenters. The molecule has 1 rings (SSSR count). The lowest BCUT2D eigenvalue weighted by Gasteiger charge is -2.17. The van der Waals surface area contributed by atoms with Crippen molar-refractivity contribution in [3.05, 3.63) is 19.0 Å². The van der Waals surface area contributed by atoms with Crippen LogP contribution < -0.4 is 0 Å². The molecule has 0 fully saturated rings. The van der Waals surface area contributed by atoms with E-state index < -0.39 is 15.9 Å². The molecule has 0 radical (unpaired) electrons. The highest BCUT2D eigenvalue weighted by Crippen LogP contribution is 2.04. The van der Waals surface area contributed by atoms with Crippen molar-refractivity contribution in [1.82, 2.24) is 19.7 Å². The molecule has 0 atom stereocenters. The molecular formula is C10H16N4O3S. The molecule has 0 saturated heterocycles. The summed E-state index contributed by atoms with van der Waals surface area (Å²) in [5.41, 5.74) is 0. The maximum atomic E-state index is 11.9. The minimum Gasteiger partial charge on any atom is -0.319 e. The van der Waals surface area contributed by atoms with Crippen LogP contribution in [0.4, 0.5) is 4.79 Å². The van der Waals surface area contributed by atoms with Gasteiger partial charge in [0.2, 0.25) is 9.84 Å². The van der Waals surface area contributed by atoms with Crippen molar-refractivity contribution < 1.29 is 13.2 Å². The van der Waals surface area contributed by atoms with Crippen molar-refractivity contribution in [2.45, 2.75) is 19.0 Å². The average molecular weight is 272 g/mol. The highest BCUT2D eigenvalue weighted by Gasteiger charge is 2.20. The van der Waals surface area contributed by atoms with E-state index in [9.17, 15) is 13.2 Å². The molecule has 0 bridgehead atoms. The van der Waals surface area contributed by atoms with Crippen LogP contribution in [0.2, 0.25) is 0 Å². The van der Waals surface area contributed by atoms with Gasteiger partial charge in [-0.3, -0.25) is 0 Å². The molecule has 0 aliphatic carbocycles. The third-order valence-electron chi connectivity index (χ3n) is 2.33. The zero-order valence-electron chi connectivity index (χ0n) is 10.4. The monoisotopic (exact) mass is 272 g/mol. The normalized spacial score (nSPS) is 11.2. The summed E-state index contributed by atoms with van der Waals surface area (Å²) in [7, 11) is -3.49. The number of hydrogen-bond donors (Lipinski definition) is 0. The summed E-state index contributed by atoms with van der Waals surface area (Å²) in [6.45, 7) is 7.69. The molecule has 0 saturated carbocycles. The minimum atomic E-state index is -3.49. The maximum absolute atomic E-state index is 11.9. The Morgan fingerprint density at radius 1 is 1.56 bits per heavy atom. The van der Waals surface area contributed by atoms with Crippen LogP contribution in [0.5, 0.6) is 0 Å². The van der Waals surface area contributed by atoms with Gasteiger partial charge in [-0.1, -0.05) is 13.0 Å². The van der Waals surface area contributed by atoms with Crippen LogP contribution in [-0.2, 0) is 9.84 Å². The number of amides is 1. The lowest BCUT2D eigenvalue weighted by atomic mass is 10.5. The molecule has 0 spiro atoms. The molecule has 0 aromatic carbocycles. The third kappa shape index (κ3) is 2.95. The number of likely N-dealkylation sites (N-methyl/N-ethyl adjacent to an activating group) is 1. The van der Waals surface area contributed by atoms with Crippen molar-refractivity contribution in [2.75, 3.05) is 18.8 Å². The number of sulfone groups is 1. The first-order valence-electron chi connectivity index (χ1n) is 5.50. The topological polar surface area (TPSA) is 85.2 Å². The highest BCUT2D eigenvalue weighted by molar-refractivity contribution is 7.91. The van der Waals surface area contributed by atoms with Crippen LogP contribution in [0.1, 0.15) is 13.8 Å². The van der Waals surface area contributed by atoms with E-state index in [1.807, 2.05) is 6.92 Å². The summed E-state index contributed by atoms with van der Waals surface area (Å²) in [5, 5.41) is 3.37. The van der Waals surface area contributed by atoms with Crippen molar-refractivity contribution in [3.8, 4) is 0 Å². The van der Waals surface area contributed by atoms with Gasteiger partial charge in [0, 0.05) is 13.1 Å². The molecular weight excluding hydrogens is 256 g/mol. The quantitative estimate of drug-likeness (QED) is 0.731. The number of aromatic nitrogens is 3. The minimum absolute atomic E-state index is 0.102. The van der Waals surface area contributed by atoms with E-state index in [-0.39, 0.29) is 10.9 Å². The van der Waals surface area contributed by atoms with Gasteiger partial charge in [0.15, 0.2) is 0 Å².